The summed E-state index contributed by atoms with van der Waals surface area (Å²) in [4.78, 5) is 2.21. The van der Waals surface area contributed by atoms with Gasteiger partial charge in [-0.2, -0.15) is 0 Å². The summed E-state index contributed by atoms with van der Waals surface area (Å²) in [5.41, 5.74) is 1.25. The van der Waals surface area contributed by atoms with Crippen molar-refractivity contribution >= 4 is 0 Å². The molecule has 0 spiro atoms. The molecule has 0 bridgehead atoms. The van der Waals surface area contributed by atoms with Crippen molar-refractivity contribution in [2.24, 2.45) is 0 Å². The van der Waals surface area contributed by atoms with Crippen molar-refractivity contribution in [1.29, 1.82) is 0 Å². The van der Waals surface area contributed by atoms with Crippen molar-refractivity contribution in [3.05, 3.63) is 29.8 Å². The third-order valence-corrected chi connectivity index (χ3v) is 3.54. The van der Waals surface area contributed by atoms with Gasteiger partial charge >= 0.3 is 0 Å². The van der Waals surface area contributed by atoms with E-state index in [-0.39, 0.29) is 0 Å². The van der Waals surface area contributed by atoms with E-state index in [4.69, 9.17) is 9.47 Å². The lowest BCUT2D eigenvalue weighted by Crippen LogP contribution is -2.42. The van der Waals surface area contributed by atoms with E-state index in [0.29, 0.717) is 19.1 Å². The lowest BCUT2D eigenvalue weighted by Gasteiger charge is -2.28. The zero-order chi connectivity index (χ0) is 14.4. The number of hydrogen-bond donors (Lipinski definition) is 1. The lowest BCUT2D eigenvalue weighted by molar-refractivity contribution is 0.00465. The molecular weight excluding hydrogens is 254 g/mol. The Balaban J connectivity index is 1.77. The van der Waals surface area contributed by atoms with Crippen LogP contribution in [0.2, 0.25) is 0 Å². The second-order valence-electron chi connectivity index (χ2n) is 5.60. The molecule has 0 radical (unpaired) electrons. The number of benzene rings is 1. The average Bonchev–Trinajstić information content (AvgIpc) is 2.46. The fourth-order valence-corrected chi connectivity index (χ4v) is 2.29. The quantitative estimate of drug-likeness (QED) is 0.863. The standard InChI is InChI=1S/C16H25NO3/c1-13(2)14-4-3-5-16(10-14)20-12-15(18)11-17-6-8-19-9-7-17/h3-5,10,13,15,18H,6-9,11-12H2,1-2H3. The van der Waals surface area contributed by atoms with Gasteiger partial charge in [0.2, 0.25) is 0 Å². The molecule has 0 amide bonds. The van der Waals surface area contributed by atoms with Crippen LogP contribution in [0.3, 0.4) is 0 Å². The fourth-order valence-electron chi connectivity index (χ4n) is 2.29. The smallest absolute Gasteiger partial charge is 0.119 e. The summed E-state index contributed by atoms with van der Waals surface area (Å²) in [7, 11) is 0. The maximum atomic E-state index is 10.0. The van der Waals surface area contributed by atoms with E-state index >= 15 is 0 Å². The van der Waals surface area contributed by atoms with Crippen LogP contribution in [0.1, 0.15) is 25.3 Å². The maximum Gasteiger partial charge on any atom is 0.119 e. The number of β-amino-alcohol motifs (C(OH)–C–C–N with tert-alkyl or cyclic N) is 1. The van der Waals surface area contributed by atoms with Crippen molar-refractivity contribution in [2.75, 3.05) is 39.5 Å². The molecule has 0 saturated carbocycles. The van der Waals surface area contributed by atoms with Gasteiger partial charge in [0.15, 0.2) is 0 Å². The number of aliphatic hydroxyl groups excluding tert-OH is 1. The highest BCUT2D eigenvalue weighted by atomic mass is 16.5. The van der Waals surface area contributed by atoms with Gasteiger partial charge in [-0.15, -0.1) is 0 Å². The number of ether oxygens (including phenoxy) is 2. The molecule has 1 N–H and O–H groups in total. The summed E-state index contributed by atoms with van der Waals surface area (Å²) < 4.78 is 11.0. The topological polar surface area (TPSA) is 41.9 Å². The van der Waals surface area contributed by atoms with Gasteiger partial charge in [-0.05, 0) is 23.6 Å². The molecule has 1 heterocycles. The zero-order valence-electron chi connectivity index (χ0n) is 12.4. The first-order valence-corrected chi connectivity index (χ1v) is 7.36. The van der Waals surface area contributed by atoms with Crippen LogP contribution in [0.4, 0.5) is 0 Å². The third kappa shape index (κ3) is 4.78. The van der Waals surface area contributed by atoms with E-state index in [2.05, 4.69) is 24.8 Å². The molecular formula is C16H25NO3. The monoisotopic (exact) mass is 279 g/mol. The van der Waals surface area contributed by atoms with Crippen LogP contribution >= 0.6 is 0 Å². The Hall–Kier alpha value is -1.10. The molecule has 1 atom stereocenters. The average molecular weight is 279 g/mol. The molecule has 4 heteroatoms. The SMILES string of the molecule is CC(C)c1cccc(OCC(O)CN2CCOCC2)c1. The van der Waals surface area contributed by atoms with E-state index in [9.17, 15) is 5.11 Å². The van der Waals surface area contributed by atoms with Crippen LogP contribution in [0.15, 0.2) is 24.3 Å². The van der Waals surface area contributed by atoms with Crippen LogP contribution in [0.25, 0.3) is 0 Å². The van der Waals surface area contributed by atoms with Gasteiger partial charge in [0, 0.05) is 19.6 Å². The summed E-state index contributed by atoms with van der Waals surface area (Å²) in [6.07, 6.45) is -0.462. The molecule has 0 aromatic heterocycles. The van der Waals surface area contributed by atoms with E-state index in [1.54, 1.807) is 0 Å². The predicted octanol–water partition coefficient (Wildman–Crippen LogP) is 1.88. The molecule has 1 saturated heterocycles. The lowest BCUT2D eigenvalue weighted by atomic mass is 10.0. The molecule has 20 heavy (non-hydrogen) atoms. The largest absolute Gasteiger partial charge is 0.491 e. The fraction of sp³-hybridized carbons (Fsp3) is 0.625. The number of aliphatic hydroxyl groups is 1. The van der Waals surface area contributed by atoms with Crippen molar-refractivity contribution < 1.29 is 14.6 Å². The van der Waals surface area contributed by atoms with E-state index in [0.717, 1.165) is 32.1 Å². The summed E-state index contributed by atoms with van der Waals surface area (Å²) in [6, 6.07) is 8.08. The molecule has 1 unspecified atom stereocenters. The van der Waals surface area contributed by atoms with Crippen LogP contribution in [-0.2, 0) is 4.74 Å². The van der Waals surface area contributed by atoms with Gasteiger partial charge in [0.25, 0.3) is 0 Å². The molecule has 1 aliphatic rings. The molecule has 0 aliphatic carbocycles. The summed E-state index contributed by atoms with van der Waals surface area (Å²) >= 11 is 0. The first kappa shape index (κ1) is 15.3. The molecule has 112 valence electrons. The minimum Gasteiger partial charge on any atom is -0.491 e. The number of hydrogen-bond acceptors (Lipinski definition) is 4. The highest BCUT2D eigenvalue weighted by Crippen LogP contribution is 2.20. The molecule has 1 fully saturated rings. The van der Waals surface area contributed by atoms with Crippen molar-refractivity contribution in [3.8, 4) is 5.75 Å². The van der Waals surface area contributed by atoms with Crippen molar-refractivity contribution in [3.63, 3.8) is 0 Å². The molecule has 4 nitrogen and oxygen atoms in total. The first-order chi connectivity index (χ1) is 9.65. The van der Waals surface area contributed by atoms with E-state index < -0.39 is 6.10 Å². The summed E-state index contributed by atoms with van der Waals surface area (Å²) in [5.74, 6) is 1.31. The van der Waals surface area contributed by atoms with Crippen LogP contribution < -0.4 is 4.74 Å². The molecule has 1 aliphatic heterocycles. The second-order valence-corrected chi connectivity index (χ2v) is 5.60. The Kier molecular flexibility index (Phi) is 5.83. The number of rotatable bonds is 6. The number of nitrogens with zero attached hydrogens (tertiary/aromatic N) is 1. The Labute approximate surface area is 121 Å². The zero-order valence-corrected chi connectivity index (χ0v) is 12.4. The van der Waals surface area contributed by atoms with Crippen molar-refractivity contribution in [1.82, 2.24) is 4.90 Å². The Morgan fingerprint density at radius 1 is 1.30 bits per heavy atom. The summed E-state index contributed by atoms with van der Waals surface area (Å²) in [5, 5.41) is 10.0. The molecule has 1 aromatic carbocycles. The second kappa shape index (κ2) is 7.62. The number of morpholine rings is 1. The minimum absolute atomic E-state index is 0.332. The highest BCUT2D eigenvalue weighted by molar-refractivity contribution is 5.30. The van der Waals surface area contributed by atoms with Crippen LogP contribution in [-0.4, -0.2) is 55.6 Å². The van der Waals surface area contributed by atoms with E-state index in [1.807, 2.05) is 18.2 Å². The Morgan fingerprint density at radius 3 is 2.75 bits per heavy atom. The van der Waals surface area contributed by atoms with Gasteiger partial charge in [-0.25, -0.2) is 0 Å². The Bertz CT molecular complexity index is 402. The van der Waals surface area contributed by atoms with Crippen LogP contribution in [0, 0.1) is 0 Å². The van der Waals surface area contributed by atoms with Crippen molar-refractivity contribution in [2.45, 2.75) is 25.9 Å². The van der Waals surface area contributed by atoms with Gasteiger partial charge in [0.05, 0.1) is 13.2 Å². The Morgan fingerprint density at radius 2 is 2.05 bits per heavy atom. The van der Waals surface area contributed by atoms with Gasteiger partial charge < -0.3 is 14.6 Å². The highest BCUT2D eigenvalue weighted by Gasteiger charge is 2.15. The minimum atomic E-state index is -0.462. The third-order valence-electron chi connectivity index (χ3n) is 3.54. The predicted molar refractivity (Wildman–Crippen MR) is 79.3 cm³/mol. The van der Waals surface area contributed by atoms with Gasteiger partial charge in [-0.1, -0.05) is 26.0 Å². The molecule has 2 rings (SSSR count). The normalized spacial score (nSPS) is 18.2. The van der Waals surface area contributed by atoms with Gasteiger partial charge in [-0.3, -0.25) is 4.90 Å². The van der Waals surface area contributed by atoms with Gasteiger partial charge in [0.1, 0.15) is 18.5 Å². The van der Waals surface area contributed by atoms with Crippen LogP contribution in [0.5, 0.6) is 5.75 Å². The first-order valence-electron chi connectivity index (χ1n) is 7.36. The summed E-state index contributed by atoms with van der Waals surface area (Å²) in [6.45, 7) is 8.58. The molecule has 1 aromatic rings. The van der Waals surface area contributed by atoms with E-state index in [1.165, 1.54) is 5.56 Å². The maximum absolute atomic E-state index is 10.0.